The summed E-state index contributed by atoms with van der Waals surface area (Å²) in [4.78, 5) is 2.07. The molecule has 1 aromatic carbocycles. The molecule has 4 rings (SSSR count). The lowest BCUT2D eigenvalue weighted by Crippen LogP contribution is -2.25. The molecule has 118 valence electrons. The summed E-state index contributed by atoms with van der Waals surface area (Å²) in [5.74, 6) is 1.53. The molecule has 8 heteroatoms. The maximum atomic E-state index is 10.1. The number of hydrogen-bond donors (Lipinski definition) is 1. The highest BCUT2D eigenvalue weighted by Gasteiger charge is 2.33. The Morgan fingerprint density at radius 3 is 3.04 bits per heavy atom. The molecule has 1 aliphatic rings. The lowest BCUT2D eigenvalue weighted by molar-refractivity contribution is 0.194. The van der Waals surface area contributed by atoms with Crippen LogP contribution in [-0.2, 0) is 0 Å². The molecule has 1 aliphatic heterocycles. The maximum Gasteiger partial charge on any atom is 0.200 e. The van der Waals surface area contributed by atoms with Crippen LogP contribution in [0.3, 0.4) is 0 Å². The number of anilines is 1. The summed E-state index contributed by atoms with van der Waals surface area (Å²) >= 11 is 0. The number of hydrogen-bond acceptors (Lipinski definition) is 7. The molecule has 0 saturated carbocycles. The van der Waals surface area contributed by atoms with Crippen LogP contribution in [0, 0.1) is 0 Å². The lowest BCUT2D eigenvalue weighted by atomic mass is 10.0. The van der Waals surface area contributed by atoms with Crippen LogP contribution < -0.4 is 9.64 Å². The summed E-state index contributed by atoms with van der Waals surface area (Å²) < 4.78 is 6.69. The van der Waals surface area contributed by atoms with Gasteiger partial charge in [-0.25, -0.2) is 0 Å². The summed E-state index contributed by atoms with van der Waals surface area (Å²) in [5.41, 5.74) is 1.67. The Balaban J connectivity index is 1.72. The fraction of sp³-hybridized carbons (Fsp3) is 0.333. The third-order valence-corrected chi connectivity index (χ3v) is 4.11. The average Bonchev–Trinajstić information content (AvgIpc) is 3.20. The van der Waals surface area contributed by atoms with Gasteiger partial charge in [-0.2, -0.15) is 0 Å². The van der Waals surface area contributed by atoms with E-state index in [1.165, 1.54) is 4.63 Å². The Morgan fingerprint density at radius 2 is 2.17 bits per heavy atom. The summed E-state index contributed by atoms with van der Waals surface area (Å²) in [6, 6.07) is 11.6. The number of fused-ring (bicyclic) bond motifs is 1. The molecule has 0 bridgehead atoms. The van der Waals surface area contributed by atoms with Gasteiger partial charge in [0.25, 0.3) is 0 Å². The van der Waals surface area contributed by atoms with Crippen LogP contribution in [0.1, 0.15) is 18.0 Å². The number of tetrazole rings is 1. The van der Waals surface area contributed by atoms with Crippen LogP contribution in [0.25, 0.3) is 5.65 Å². The quantitative estimate of drug-likeness (QED) is 0.766. The van der Waals surface area contributed by atoms with Crippen LogP contribution in [0.4, 0.5) is 5.82 Å². The SMILES string of the molecule is COc1cccc(C2CC(O)CN2c2ccc3nnnn3n2)c1. The molecule has 3 heterocycles. The standard InChI is InChI=1S/C15H16N6O2/c1-23-12-4-2-3-10(7-12)13-8-11(22)9-20(13)15-6-5-14-16-18-19-21(14)17-15/h2-7,11,13,22H,8-9H2,1H3. The Hall–Kier alpha value is -2.74. The maximum absolute atomic E-state index is 10.1. The van der Waals surface area contributed by atoms with Gasteiger partial charge in [0, 0.05) is 6.54 Å². The first-order valence-corrected chi connectivity index (χ1v) is 7.38. The number of aliphatic hydroxyl groups is 1. The van der Waals surface area contributed by atoms with Gasteiger partial charge in [0.15, 0.2) is 11.5 Å². The summed E-state index contributed by atoms with van der Waals surface area (Å²) in [5, 5.41) is 25.9. The molecule has 2 aromatic heterocycles. The second kappa shape index (κ2) is 5.47. The topological polar surface area (TPSA) is 88.7 Å². The van der Waals surface area contributed by atoms with E-state index in [1.807, 2.05) is 36.4 Å². The molecule has 3 aromatic rings. The Morgan fingerprint density at radius 1 is 1.26 bits per heavy atom. The first kappa shape index (κ1) is 13.9. The number of β-amino-alcohol motifs (C(OH)–C–C–N with tert-alkyl or cyclic N) is 1. The van der Waals surface area contributed by atoms with Crippen molar-refractivity contribution in [1.82, 2.24) is 25.3 Å². The molecule has 8 nitrogen and oxygen atoms in total. The molecule has 0 radical (unpaired) electrons. The number of aromatic nitrogens is 5. The molecule has 1 saturated heterocycles. The van der Waals surface area contributed by atoms with Crippen molar-refractivity contribution in [1.29, 1.82) is 0 Å². The molecule has 0 spiro atoms. The number of methoxy groups -OCH3 is 1. The second-order valence-electron chi connectivity index (χ2n) is 5.55. The number of ether oxygens (including phenoxy) is 1. The summed E-state index contributed by atoms with van der Waals surface area (Å²) in [7, 11) is 1.65. The second-order valence-corrected chi connectivity index (χ2v) is 5.55. The third-order valence-electron chi connectivity index (χ3n) is 4.11. The van der Waals surface area contributed by atoms with Crippen molar-refractivity contribution in [2.45, 2.75) is 18.6 Å². The zero-order valence-corrected chi connectivity index (χ0v) is 12.6. The number of rotatable bonds is 3. The Kier molecular flexibility index (Phi) is 3.30. The molecular weight excluding hydrogens is 296 g/mol. The van der Waals surface area contributed by atoms with E-state index in [-0.39, 0.29) is 6.04 Å². The van der Waals surface area contributed by atoms with Gasteiger partial charge in [0.1, 0.15) is 5.75 Å². The van der Waals surface area contributed by atoms with Gasteiger partial charge in [-0.1, -0.05) is 12.1 Å². The first-order valence-electron chi connectivity index (χ1n) is 7.38. The third kappa shape index (κ3) is 2.46. The highest BCUT2D eigenvalue weighted by molar-refractivity contribution is 5.48. The summed E-state index contributed by atoms with van der Waals surface area (Å²) in [6.45, 7) is 0.516. The minimum Gasteiger partial charge on any atom is -0.497 e. The van der Waals surface area contributed by atoms with E-state index in [1.54, 1.807) is 7.11 Å². The Labute approximate surface area is 132 Å². The predicted molar refractivity (Wildman–Crippen MR) is 82.3 cm³/mol. The van der Waals surface area contributed by atoms with Gasteiger partial charge < -0.3 is 14.7 Å². The number of aliphatic hydroxyl groups excluding tert-OH is 1. The van der Waals surface area contributed by atoms with Gasteiger partial charge in [0.05, 0.1) is 19.3 Å². The molecule has 2 atom stereocenters. The smallest absolute Gasteiger partial charge is 0.200 e. The van der Waals surface area contributed by atoms with Gasteiger partial charge in [-0.05, 0) is 46.7 Å². The molecule has 0 amide bonds. The largest absolute Gasteiger partial charge is 0.497 e. The van der Waals surface area contributed by atoms with E-state index in [0.717, 1.165) is 17.1 Å². The normalized spacial score (nSPS) is 21.0. The van der Waals surface area contributed by atoms with E-state index in [2.05, 4.69) is 25.5 Å². The number of benzene rings is 1. The molecule has 1 N–H and O–H groups in total. The van der Waals surface area contributed by atoms with Gasteiger partial charge >= 0.3 is 0 Å². The van der Waals surface area contributed by atoms with Gasteiger partial charge in [0.2, 0.25) is 0 Å². The zero-order valence-electron chi connectivity index (χ0n) is 12.6. The van der Waals surface area contributed by atoms with Crippen LogP contribution in [0.5, 0.6) is 5.75 Å². The van der Waals surface area contributed by atoms with Gasteiger partial charge in [-0.3, -0.25) is 0 Å². The van der Waals surface area contributed by atoms with Crippen molar-refractivity contribution in [2.75, 3.05) is 18.6 Å². The van der Waals surface area contributed by atoms with Crippen molar-refractivity contribution in [3.63, 3.8) is 0 Å². The fourth-order valence-corrected chi connectivity index (χ4v) is 3.03. The van der Waals surface area contributed by atoms with Crippen molar-refractivity contribution in [3.8, 4) is 5.75 Å². The monoisotopic (exact) mass is 312 g/mol. The van der Waals surface area contributed by atoms with E-state index < -0.39 is 6.10 Å². The predicted octanol–water partition coefficient (Wildman–Crippen LogP) is 0.840. The average molecular weight is 312 g/mol. The summed E-state index contributed by atoms with van der Waals surface area (Å²) in [6.07, 6.45) is 0.236. The Bertz CT molecular complexity index is 835. The van der Waals surface area contributed by atoms with E-state index in [9.17, 15) is 5.11 Å². The van der Waals surface area contributed by atoms with Crippen LogP contribution in [0.2, 0.25) is 0 Å². The lowest BCUT2D eigenvalue weighted by Gasteiger charge is -2.25. The number of nitrogens with zero attached hydrogens (tertiary/aromatic N) is 6. The van der Waals surface area contributed by atoms with Crippen LogP contribution in [0.15, 0.2) is 36.4 Å². The van der Waals surface area contributed by atoms with Crippen molar-refractivity contribution in [2.24, 2.45) is 0 Å². The molecular formula is C15H16N6O2. The highest BCUT2D eigenvalue weighted by Crippen LogP contribution is 2.36. The van der Waals surface area contributed by atoms with Gasteiger partial charge in [-0.15, -0.1) is 14.8 Å². The van der Waals surface area contributed by atoms with Crippen LogP contribution >= 0.6 is 0 Å². The molecule has 2 unspecified atom stereocenters. The zero-order chi connectivity index (χ0) is 15.8. The van der Waals surface area contributed by atoms with E-state index in [4.69, 9.17) is 4.74 Å². The van der Waals surface area contributed by atoms with E-state index >= 15 is 0 Å². The van der Waals surface area contributed by atoms with Crippen LogP contribution in [-0.4, -0.2) is 50.1 Å². The minimum absolute atomic E-state index is 0.0292. The fourth-order valence-electron chi connectivity index (χ4n) is 3.03. The van der Waals surface area contributed by atoms with E-state index in [0.29, 0.717) is 18.6 Å². The van der Waals surface area contributed by atoms with Crippen molar-refractivity contribution in [3.05, 3.63) is 42.0 Å². The molecule has 0 aliphatic carbocycles. The van der Waals surface area contributed by atoms with Crippen molar-refractivity contribution < 1.29 is 9.84 Å². The highest BCUT2D eigenvalue weighted by atomic mass is 16.5. The van der Waals surface area contributed by atoms with Crippen molar-refractivity contribution >= 4 is 11.5 Å². The molecule has 23 heavy (non-hydrogen) atoms. The first-order chi connectivity index (χ1) is 11.2. The minimum atomic E-state index is -0.405. The molecule has 1 fully saturated rings.